The van der Waals surface area contributed by atoms with Gasteiger partial charge in [0.15, 0.2) is 0 Å². The molecule has 0 aliphatic heterocycles. The highest BCUT2D eigenvalue weighted by Gasteiger charge is 2.10. The molecule has 3 aromatic carbocycles. The summed E-state index contributed by atoms with van der Waals surface area (Å²) in [4.78, 5) is 17.0. The van der Waals surface area contributed by atoms with Gasteiger partial charge in [0.25, 0.3) is 5.91 Å². The third-order valence-electron chi connectivity index (χ3n) is 4.84. The van der Waals surface area contributed by atoms with Gasteiger partial charge in [-0.2, -0.15) is 5.10 Å². The number of benzene rings is 3. The molecular weight excluding hydrogens is 358 g/mol. The van der Waals surface area contributed by atoms with Crippen LogP contribution < -0.4 is 5.43 Å². The van der Waals surface area contributed by atoms with E-state index in [0.29, 0.717) is 5.56 Å². The molecule has 0 aliphatic rings. The average molecular weight is 379 g/mol. The predicted molar refractivity (Wildman–Crippen MR) is 117 cm³/mol. The first-order chi connectivity index (χ1) is 14.3. The third-order valence-corrected chi connectivity index (χ3v) is 4.84. The number of rotatable bonds is 6. The van der Waals surface area contributed by atoms with Crippen molar-refractivity contribution in [2.24, 2.45) is 5.10 Å². The molecule has 4 heteroatoms. The first kappa shape index (κ1) is 18.6. The summed E-state index contributed by atoms with van der Waals surface area (Å²) < 4.78 is 0. The number of aromatic nitrogens is 1. The van der Waals surface area contributed by atoms with E-state index in [-0.39, 0.29) is 5.91 Å². The van der Waals surface area contributed by atoms with E-state index >= 15 is 0 Å². The fourth-order valence-electron chi connectivity index (χ4n) is 3.33. The molecule has 1 aromatic heterocycles. The fraction of sp³-hybridized carbons (Fsp3) is 0.0800. The van der Waals surface area contributed by atoms with Crippen LogP contribution in [0.25, 0.3) is 10.9 Å². The Kier molecular flexibility index (Phi) is 5.72. The number of carbonyl (C=O) groups is 1. The van der Waals surface area contributed by atoms with Crippen LogP contribution in [-0.4, -0.2) is 17.1 Å². The molecule has 0 unspecified atom stereocenters. The second-order valence-electron chi connectivity index (χ2n) is 6.76. The van der Waals surface area contributed by atoms with Gasteiger partial charge in [-0.3, -0.25) is 9.78 Å². The summed E-state index contributed by atoms with van der Waals surface area (Å²) in [6.45, 7) is 0. The molecule has 1 amide bonds. The maximum Gasteiger partial charge on any atom is 0.271 e. The van der Waals surface area contributed by atoms with Gasteiger partial charge >= 0.3 is 0 Å². The molecule has 0 saturated carbocycles. The van der Waals surface area contributed by atoms with E-state index in [4.69, 9.17) is 0 Å². The molecule has 4 aromatic rings. The second kappa shape index (κ2) is 8.93. The summed E-state index contributed by atoms with van der Waals surface area (Å²) in [5, 5.41) is 5.17. The topological polar surface area (TPSA) is 54.4 Å². The number of amides is 1. The molecule has 1 N–H and O–H groups in total. The second-order valence-corrected chi connectivity index (χ2v) is 6.76. The number of fused-ring (bicyclic) bond motifs is 1. The zero-order valence-corrected chi connectivity index (χ0v) is 16.0. The number of para-hydroxylation sites is 1. The Bertz CT molecular complexity index is 1150. The van der Waals surface area contributed by atoms with Crippen LogP contribution in [0, 0.1) is 0 Å². The van der Waals surface area contributed by atoms with E-state index < -0.39 is 0 Å². The monoisotopic (exact) mass is 379 g/mol. The van der Waals surface area contributed by atoms with Crippen LogP contribution in [0.5, 0.6) is 0 Å². The van der Waals surface area contributed by atoms with Crippen molar-refractivity contribution in [3.63, 3.8) is 0 Å². The molecule has 0 saturated heterocycles. The molecule has 0 aliphatic carbocycles. The van der Waals surface area contributed by atoms with Crippen molar-refractivity contribution in [2.75, 3.05) is 0 Å². The summed E-state index contributed by atoms with van der Waals surface area (Å²) in [6.07, 6.45) is 5.09. The van der Waals surface area contributed by atoms with Crippen LogP contribution in [-0.2, 0) is 12.8 Å². The highest BCUT2D eigenvalue weighted by Crippen LogP contribution is 2.15. The van der Waals surface area contributed by atoms with Crippen LogP contribution in [0.1, 0.15) is 27.0 Å². The Morgan fingerprint density at radius 1 is 0.862 bits per heavy atom. The zero-order valence-electron chi connectivity index (χ0n) is 16.0. The minimum atomic E-state index is -0.205. The van der Waals surface area contributed by atoms with E-state index in [1.54, 1.807) is 12.4 Å². The number of hydrogen-bond donors (Lipinski definition) is 1. The van der Waals surface area contributed by atoms with Gasteiger partial charge in [0, 0.05) is 22.7 Å². The Balaban J connectivity index is 1.46. The van der Waals surface area contributed by atoms with Crippen LogP contribution >= 0.6 is 0 Å². The van der Waals surface area contributed by atoms with Gasteiger partial charge in [0.2, 0.25) is 0 Å². The Morgan fingerprint density at radius 2 is 1.62 bits per heavy atom. The molecular formula is C25H21N3O. The maximum atomic E-state index is 12.7. The SMILES string of the molecule is O=C(N/N=C/c1ccnc2ccccc12)c1ccccc1CCc1ccccc1. The summed E-state index contributed by atoms with van der Waals surface area (Å²) in [7, 11) is 0. The lowest BCUT2D eigenvalue weighted by Gasteiger charge is -2.08. The maximum absolute atomic E-state index is 12.7. The molecule has 0 spiro atoms. The minimum absolute atomic E-state index is 0.205. The van der Waals surface area contributed by atoms with Crippen molar-refractivity contribution in [1.82, 2.24) is 10.4 Å². The van der Waals surface area contributed by atoms with Crippen LogP contribution in [0.2, 0.25) is 0 Å². The standard InChI is InChI=1S/C25H21N3O/c29-25(28-27-18-21-16-17-26-24-13-7-6-11-22(21)24)23-12-5-4-10-20(23)15-14-19-8-2-1-3-9-19/h1-13,16-18H,14-15H2,(H,28,29)/b27-18+. The van der Waals surface area contributed by atoms with Gasteiger partial charge in [-0.25, -0.2) is 5.43 Å². The first-order valence-electron chi connectivity index (χ1n) is 9.60. The lowest BCUT2D eigenvalue weighted by Crippen LogP contribution is -2.19. The molecule has 29 heavy (non-hydrogen) atoms. The largest absolute Gasteiger partial charge is 0.271 e. The highest BCUT2D eigenvalue weighted by atomic mass is 16.2. The van der Waals surface area contributed by atoms with E-state index in [1.807, 2.05) is 72.8 Å². The van der Waals surface area contributed by atoms with Gasteiger partial charge in [-0.15, -0.1) is 0 Å². The molecule has 0 fully saturated rings. The van der Waals surface area contributed by atoms with Crippen molar-refractivity contribution in [3.05, 3.63) is 113 Å². The Hall–Kier alpha value is -3.79. The predicted octanol–water partition coefficient (Wildman–Crippen LogP) is 4.78. The third kappa shape index (κ3) is 4.55. The minimum Gasteiger partial charge on any atom is -0.267 e. The van der Waals surface area contributed by atoms with Crippen LogP contribution in [0.4, 0.5) is 0 Å². The molecule has 0 radical (unpaired) electrons. The number of nitrogens with one attached hydrogen (secondary N) is 1. The van der Waals surface area contributed by atoms with Gasteiger partial charge < -0.3 is 0 Å². The van der Waals surface area contributed by atoms with Crippen molar-refractivity contribution in [3.8, 4) is 0 Å². The van der Waals surface area contributed by atoms with Crippen LogP contribution in [0.15, 0.2) is 96.2 Å². The molecule has 142 valence electrons. The quantitative estimate of drug-likeness (QED) is 0.387. The number of hydrazone groups is 1. The van der Waals surface area contributed by atoms with Crippen molar-refractivity contribution < 1.29 is 4.79 Å². The fourth-order valence-corrected chi connectivity index (χ4v) is 3.33. The number of hydrogen-bond acceptors (Lipinski definition) is 3. The average Bonchev–Trinajstić information content (AvgIpc) is 2.78. The molecule has 0 atom stereocenters. The highest BCUT2D eigenvalue weighted by molar-refractivity contribution is 5.99. The lowest BCUT2D eigenvalue weighted by molar-refractivity contribution is 0.0954. The van der Waals surface area contributed by atoms with Crippen molar-refractivity contribution in [1.29, 1.82) is 0 Å². The number of nitrogens with zero attached hydrogens (tertiary/aromatic N) is 2. The molecule has 0 bridgehead atoms. The van der Waals surface area contributed by atoms with Gasteiger partial charge in [-0.05, 0) is 42.2 Å². The normalized spacial score (nSPS) is 11.0. The Morgan fingerprint density at radius 3 is 2.52 bits per heavy atom. The smallest absolute Gasteiger partial charge is 0.267 e. The van der Waals surface area contributed by atoms with E-state index in [1.165, 1.54) is 5.56 Å². The summed E-state index contributed by atoms with van der Waals surface area (Å²) in [5.74, 6) is -0.205. The van der Waals surface area contributed by atoms with Gasteiger partial charge in [-0.1, -0.05) is 66.7 Å². The zero-order chi connectivity index (χ0) is 19.9. The van der Waals surface area contributed by atoms with Gasteiger partial charge in [0.1, 0.15) is 0 Å². The number of aryl methyl sites for hydroxylation is 2. The first-order valence-corrected chi connectivity index (χ1v) is 9.60. The van der Waals surface area contributed by atoms with Crippen molar-refractivity contribution >= 4 is 23.0 Å². The van der Waals surface area contributed by atoms with Crippen LogP contribution in [0.3, 0.4) is 0 Å². The summed E-state index contributed by atoms with van der Waals surface area (Å²) >= 11 is 0. The molecule has 4 nitrogen and oxygen atoms in total. The summed E-state index contributed by atoms with van der Waals surface area (Å²) in [5.41, 5.74) is 7.39. The number of carbonyl (C=O) groups excluding carboxylic acids is 1. The van der Waals surface area contributed by atoms with E-state index in [9.17, 15) is 4.79 Å². The van der Waals surface area contributed by atoms with Gasteiger partial charge in [0.05, 0.1) is 11.7 Å². The van der Waals surface area contributed by atoms with E-state index in [0.717, 1.165) is 34.9 Å². The van der Waals surface area contributed by atoms with Crippen molar-refractivity contribution in [2.45, 2.75) is 12.8 Å². The van der Waals surface area contributed by atoms with E-state index in [2.05, 4.69) is 27.6 Å². The summed E-state index contributed by atoms with van der Waals surface area (Å²) in [6, 6.07) is 27.7. The molecule has 4 rings (SSSR count). The lowest BCUT2D eigenvalue weighted by atomic mass is 9.99. The Labute approximate surface area is 169 Å². The number of pyridine rings is 1. The molecule has 1 heterocycles.